The first kappa shape index (κ1) is 17.9. The van der Waals surface area contributed by atoms with E-state index in [-0.39, 0.29) is 43.3 Å². The number of anilines is 1. The second kappa shape index (κ2) is 6.77. The van der Waals surface area contributed by atoms with Gasteiger partial charge in [-0.2, -0.15) is 13.2 Å². The maximum absolute atomic E-state index is 14.5. The Labute approximate surface area is 145 Å². The lowest BCUT2D eigenvalue weighted by molar-refractivity contribution is -0.139. The minimum atomic E-state index is -4.82. The van der Waals surface area contributed by atoms with Gasteiger partial charge in [0, 0.05) is 44.1 Å². The second-order valence-corrected chi connectivity index (χ2v) is 5.65. The summed E-state index contributed by atoms with van der Waals surface area (Å²) in [4.78, 5) is 22.0. The normalized spacial score (nSPS) is 15.2. The third-order valence-corrected chi connectivity index (χ3v) is 4.09. The average molecular weight is 370 g/mol. The highest BCUT2D eigenvalue weighted by molar-refractivity contribution is 5.73. The van der Waals surface area contributed by atoms with Gasteiger partial charge in [-0.1, -0.05) is 6.07 Å². The van der Waals surface area contributed by atoms with Crippen LogP contribution in [0.4, 0.5) is 28.2 Å². The second-order valence-electron chi connectivity index (χ2n) is 5.65. The zero-order valence-electron chi connectivity index (χ0n) is 13.4. The van der Waals surface area contributed by atoms with E-state index in [1.165, 1.54) is 23.4 Å². The van der Waals surface area contributed by atoms with Crippen molar-refractivity contribution in [3.8, 4) is 11.3 Å². The van der Waals surface area contributed by atoms with E-state index < -0.39 is 23.7 Å². The van der Waals surface area contributed by atoms with E-state index in [9.17, 15) is 22.4 Å². The first-order valence-electron chi connectivity index (χ1n) is 7.69. The van der Waals surface area contributed by atoms with Gasteiger partial charge in [0.05, 0.1) is 5.56 Å². The molecule has 138 valence electrons. The first-order valence-corrected chi connectivity index (χ1v) is 7.69. The number of carbonyl (C=O) groups is 1. The lowest BCUT2D eigenvalue weighted by Crippen LogP contribution is -2.48. The van der Waals surface area contributed by atoms with Crippen molar-refractivity contribution in [2.45, 2.75) is 6.18 Å². The monoisotopic (exact) mass is 370 g/mol. The Morgan fingerprint density at radius 3 is 2.35 bits per heavy atom. The minimum Gasteiger partial charge on any atom is -0.465 e. The number of rotatable bonds is 2. The zero-order valence-corrected chi connectivity index (χ0v) is 13.4. The molecular formula is C16H14F4N4O2. The van der Waals surface area contributed by atoms with Gasteiger partial charge < -0.3 is 14.9 Å². The van der Waals surface area contributed by atoms with Gasteiger partial charge in [-0.15, -0.1) is 0 Å². The topological polar surface area (TPSA) is 69.6 Å². The van der Waals surface area contributed by atoms with Crippen molar-refractivity contribution >= 4 is 11.9 Å². The fraction of sp³-hybridized carbons (Fsp3) is 0.312. The molecule has 1 amide bonds. The number of halogens is 4. The van der Waals surface area contributed by atoms with Gasteiger partial charge >= 0.3 is 12.3 Å². The Morgan fingerprint density at radius 2 is 1.73 bits per heavy atom. The van der Waals surface area contributed by atoms with Crippen LogP contribution in [0, 0.1) is 5.82 Å². The molecule has 0 saturated carbocycles. The van der Waals surface area contributed by atoms with Crippen LogP contribution in [0.25, 0.3) is 11.3 Å². The molecule has 2 heterocycles. The Bertz CT molecular complexity index is 820. The highest BCUT2D eigenvalue weighted by Gasteiger charge is 2.35. The van der Waals surface area contributed by atoms with Crippen LogP contribution < -0.4 is 4.90 Å². The third-order valence-electron chi connectivity index (χ3n) is 4.09. The van der Waals surface area contributed by atoms with Crippen molar-refractivity contribution < 1.29 is 27.5 Å². The zero-order chi connectivity index (χ0) is 18.9. The van der Waals surface area contributed by atoms with Gasteiger partial charge in [0.1, 0.15) is 11.5 Å². The Kier molecular flexibility index (Phi) is 4.66. The number of hydrogen-bond donors (Lipinski definition) is 1. The van der Waals surface area contributed by atoms with Crippen LogP contribution in [0.3, 0.4) is 0 Å². The minimum absolute atomic E-state index is 0.0140. The maximum atomic E-state index is 14.5. The molecule has 0 bridgehead atoms. The van der Waals surface area contributed by atoms with Crippen molar-refractivity contribution in [2.75, 3.05) is 31.1 Å². The van der Waals surface area contributed by atoms with Crippen LogP contribution in [0.1, 0.15) is 5.56 Å². The lowest BCUT2D eigenvalue weighted by atomic mass is 10.1. The summed E-state index contributed by atoms with van der Waals surface area (Å²) in [5.41, 5.74) is -1.69. The molecule has 1 aliphatic heterocycles. The molecule has 1 aromatic heterocycles. The quantitative estimate of drug-likeness (QED) is 0.823. The van der Waals surface area contributed by atoms with E-state index in [1.807, 2.05) is 0 Å². The first-order chi connectivity index (χ1) is 12.3. The van der Waals surface area contributed by atoms with Crippen LogP contribution in [0.5, 0.6) is 0 Å². The van der Waals surface area contributed by atoms with Gasteiger partial charge in [-0.3, -0.25) is 4.98 Å². The van der Waals surface area contributed by atoms with E-state index in [0.717, 1.165) is 6.07 Å². The predicted octanol–water partition coefficient (Wildman–Crippen LogP) is 3.10. The average Bonchev–Trinajstić information content (AvgIpc) is 2.61. The Balaban J connectivity index is 1.98. The fourth-order valence-corrected chi connectivity index (χ4v) is 2.80. The summed E-state index contributed by atoms with van der Waals surface area (Å²) < 4.78 is 53.4. The predicted molar refractivity (Wildman–Crippen MR) is 84.2 cm³/mol. The summed E-state index contributed by atoms with van der Waals surface area (Å²) in [6.45, 7) is 0.962. The molecule has 0 radical (unpaired) electrons. The van der Waals surface area contributed by atoms with Crippen LogP contribution in [-0.2, 0) is 6.18 Å². The molecule has 1 N–H and O–H groups in total. The largest absolute Gasteiger partial charge is 0.465 e. The molecule has 0 atom stereocenters. The van der Waals surface area contributed by atoms with E-state index in [4.69, 9.17) is 5.11 Å². The van der Waals surface area contributed by atoms with Gasteiger partial charge in [0.25, 0.3) is 0 Å². The van der Waals surface area contributed by atoms with Crippen LogP contribution >= 0.6 is 0 Å². The number of piperazine rings is 1. The number of benzene rings is 1. The van der Waals surface area contributed by atoms with Crippen molar-refractivity contribution in [3.05, 3.63) is 42.0 Å². The van der Waals surface area contributed by atoms with E-state index >= 15 is 0 Å². The molecule has 1 aliphatic rings. The summed E-state index contributed by atoms with van der Waals surface area (Å²) in [7, 11) is 0. The number of nitrogens with zero attached hydrogens (tertiary/aromatic N) is 4. The molecule has 1 aromatic carbocycles. The molecule has 0 spiro atoms. The molecule has 10 heteroatoms. The molecule has 26 heavy (non-hydrogen) atoms. The molecule has 2 aromatic rings. The number of alkyl halides is 3. The molecule has 0 aliphatic carbocycles. The fourth-order valence-electron chi connectivity index (χ4n) is 2.80. The van der Waals surface area contributed by atoms with Gasteiger partial charge in [0.2, 0.25) is 0 Å². The standard InChI is InChI=1S/C16H14F4N4O2/c17-12-10(2-1-3-11(12)16(18,19)20)13-14(22-5-4-21-13)23-6-8-24(9-7-23)15(25)26/h1-5H,6-9H2,(H,25,26). The number of amides is 1. The third kappa shape index (κ3) is 3.39. The highest BCUT2D eigenvalue weighted by atomic mass is 19.4. The summed E-state index contributed by atoms with van der Waals surface area (Å²) in [6, 6.07) is 2.99. The molecular weight excluding hydrogens is 356 g/mol. The molecule has 1 saturated heterocycles. The molecule has 0 unspecified atom stereocenters. The molecule has 6 nitrogen and oxygen atoms in total. The Morgan fingerprint density at radius 1 is 1.08 bits per heavy atom. The summed E-state index contributed by atoms with van der Waals surface area (Å²) in [6.07, 6.45) is -3.25. The Hall–Kier alpha value is -2.91. The lowest BCUT2D eigenvalue weighted by Gasteiger charge is -2.34. The van der Waals surface area contributed by atoms with Crippen LogP contribution in [-0.4, -0.2) is 52.2 Å². The number of aromatic nitrogens is 2. The molecule has 1 fully saturated rings. The van der Waals surface area contributed by atoms with E-state index in [2.05, 4.69) is 9.97 Å². The van der Waals surface area contributed by atoms with Gasteiger partial charge in [-0.05, 0) is 12.1 Å². The van der Waals surface area contributed by atoms with Crippen molar-refractivity contribution in [2.24, 2.45) is 0 Å². The van der Waals surface area contributed by atoms with Crippen LogP contribution in [0.15, 0.2) is 30.6 Å². The van der Waals surface area contributed by atoms with Crippen molar-refractivity contribution in [1.82, 2.24) is 14.9 Å². The van der Waals surface area contributed by atoms with Crippen molar-refractivity contribution in [3.63, 3.8) is 0 Å². The maximum Gasteiger partial charge on any atom is 0.419 e. The van der Waals surface area contributed by atoms with E-state index in [1.54, 1.807) is 4.90 Å². The van der Waals surface area contributed by atoms with E-state index in [0.29, 0.717) is 6.07 Å². The smallest absolute Gasteiger partial charge is 0.419 e. The highest BCUT2D eigenvalue weighted by Crippen LogP contribution is 2.37. The van der Waals surface area contributed by atoms with Gasteiger partial charge in [0.15, 0.2) is 5.82 Å². The number of hydrogen-bond acceptors (Lipinski definition) is 4. The van der Waals surface area contributed by atoms with Gasteiger partial charge in [-0.25, -0.2) is 14.2 Å². The summed E-state index contributed by atoms with van der Waals surface area (Å²) in [5.74, 6) is -1.19. The number of carboxylic acid groups (broad SMARTS) is 1. The SMILES string of the molecule is O=C(O)N1CCN(c2nccnc2-c2cccc(C(F)(F)F)c2F)CC1. The molecule has 3 rings (SSSR count). The summed E-state index contributed by atoms with van der Waals surface area (Å²) in [5, 5.41) is 8.99. The van der Waals surface area contributed by atoms with Crippen molar-refractivity contribution in [1.29, 1.82) is 0 Å². The van der Waals surface area contributed by atoms with Crippen LogP contribution in [0.2, 0.25) is 0 Å². The summed E-state index contributed by atoms with van der Waals surface area (Å²) >= 11 is 0.